The van der Waals surface area contributed by atoms with Crippen LogP contribution in [0.4, 0.5) is 5.82 Å². The molecular formula is C13H18N6O2. The van der Waals surface area contributed by atoms with Gasteiger partial charge in [-0.3, -0.25) is 4.90 Å². The van der Waals surface area contributed by atoms with Crippen LogP contribution >= 0.6 is 0 Å². The minimum Gasteiger partial charge on any atom is -0.481 e. The van der Waals surface area contributed by atoms with Gasteiger partial charge in [-0.1, -0.05) is 5.16 Å². The number of piperidine rings is 1. The van der Waals surface area contributed by atoms with Gasteiger partial charge in [0.25, 0.3) is 0 Å². The summed E-state index contributed by atoms with van der Waals surface area (Å²) >= 11 is 0. The SMILES string of the molecule is COc1cc(NC2CCN(Cc3ncno3)CC2)ncn1. The zero-order valence-electron chi connectivity index (χ0n) is 11.9. The number of nitrogens with one attached hydrogen (secondary N) is 1. The summed E-state index contributed by atoms with van der Waals surface area (Å²) in [5, 5.41) is 7.05. The molecule has 8 nitrogen and oxygen atoms in total. The number of methoxy groups -OCH3 is 1. The largest absolute Gasteiger partial charge is 0.481 e. The van der Waals surface area contributed by atoms with E-state index in [9.17, 15) is 0 Å². The molecule has 1 aliphatic heterocycles. The third-order valence-electron chi connectivity index (χ3n) is 3.56. The third-order valence-corrected chi connectivity index (χ3v) is 3.56. The van der Waals surface area contributed by atoms with Gasteiger partial charge in [-0.15, -0.1) is 0 Å². The van der Waals surface area contributed by atoms with Crippen molar-refractivity contribution >= 4 is 5.82 Å². The molecule has 8 heteroatoms. The van der Waals surface area contributed by atoms with Gasteiger partial charge >= 0.3 is 0 Å². The lowest BCUT2D eigenvalue weighted by Gasteiger charge is -2.31. The molecule has 0 radical (unpaired) electrons. The molecule has 0 aliphatic carbocycles. The molecule has 0 bridgehead atoms. The summed E-state index contributed by atoms with van der Waals surface area (Å²) in [6.07, 6.45) is 5.03. The highest BCUT2D eigenvalue weighted by Crippen LogP contribution is 2.18. The Hall–Kier alpha value is -2.22. The Morgan fingerprint density at radius 2 is 2.14 bits per heavy atom. The molecule has 0 aromatic carbocycles. The molecule has 3 rings (SSSR count). The first-order chi connectivity index (χ1) is 10.3. The monoisotopic (exact) mass is 290 g/mol. The van der Waals surface area contributed by atoms with Crippen molar-refractivity contribution in [3.05, 3.63) is 24.6 Å². The number of ether oxygens (including phenoxy) is 1. The molecule has 0 saturated carbocycles. The average molecular weight is 290 g/mol. The van der Waals surface area contributed by atoms with Crippen molar-refractivity contribution in [1.82, 2.24) is 25.0 Å². The van der Waals surface area contributed by atoms with Gasteiger partial charge < -0.3 is 14.6 Å². The van der Waals surface area contributed by atoms with Gasteiger partial charge in [-0.25, -0.2) is 9.97 Å². The van der Waals surface area contributed by atoms with Crippen molar-refractivity contribution < 1.29 is 9.26 Å². The van der Waals surface area contributed by atoms with Gasteiger partial charge in [0.05, 0.1) is 13.7 Å². The highest BCUT2D eigenvalue weighted by molar-refractivity contribution is 5.38. The molecule has 1 fully saturated rings. The second kappa shape index (κ2) is 6.49. The van der Waals surface area contributed by atoms with Crippen LogP contribution in [0.25, 0.3) is 0 Å². The van der Waals surface area contributed by atoms with Crippen molar-refractivity contribution in [2.75, 3.05) is 25.5 Å². The molecule has 0 spiro atoms. The maximum atomic E-state index is 5.10. The molecule has 1 N–H and O–H groups in total. The summed E-state index contributed by atoms with van der Waals surface area (Å²) < 4.78 is 10.1. The number of nitrogens with zero attached hydrogens (tertiary/aromatic N) is 5. The van der Waals surface area contributed by atoms with E-state index >= 15 is 0 Å². The van der Waals surface area contributed by atoms with Crippen LogP contribution in [0.5, 0.6) is 5.88 Å². The van der Waals surface area contributed by atoms with E-state index in [4.69, 9.17) is 9.26 Å². The molecule has 0 atom stereocenters. The van der Waals surface area contributed by atoms with E-state index in [2.05, 4.69) is 30.3 Å². The number of anilines is 1. The summed E-state index contributed by atoms with van der Waals surface area (Å²) in [5.74, 6) is 2.04. The Labute approximate surface area is 122 Å². The van der Waals surface area contributed by atoms with Crippen LogP contribution in [0.3, 0.4) is 0 Å². The van der Waals surface area contributed by atoms with Gasteiger partial charge in [0.15, 0.2) is 6.33 Å². The minimum atomic E-state index is 0.406. The summed E-state index contributed by atoms with van der Waals surface area (Å²) in [5.41, 5.74) is 0. The Morgan fingerprint density at radius 1 is 1.29 bits per heavy atom. The normalized spacial score (nSPS) is 16.8. The highest BCUT2D eigenvalue weighted by Gasteiger charge is 2.20. The van der Waals surface area contributed by atoms with Crippen LogP contribution < -0.4 is 10.1 Å². The smallest absolute Gasteiger partial charge is 0.240 e. The maximum absolute atomic E-state index is 5.10. The molecule has 112 valence electrons. The van der Waals surface area contributed by atoms with E-state index in [1.165, 1.54) is 12.7 Å². The predicted molar refractivity (Wildman–Crippen MR) is 74.8 cm³/mol. The van der Waals surface area contributed by atoms with Crippen molar-refractivity contribution in [3.63, 3.8) is 0 Å². The second-order valence-corrected chi connectivity index (χ2v) is 4.98. The number of aromatic nitrogens is 4. The lowest BCUT2D eigenvalue weighted by Crippen LogP contribution is -2.38. The molecular weight excluding hydrogens is 272 g/mol. The summed E-state index contributed by atoms with van der Waals surface area (Å²) in [6.45, 7) is 2.69. The predicted octanol–water partition coefficient (Wildman–Crippen LogP) is 0.945. The summed E-state index contributed by atoms with van der Waals surface area (Å²) in [7, 11) is 1.60. The van der Waals surface area contributed by atoms with E-state index in [0.717, 1.165) is 31.7 Å². The summed E-state index contributed by atoms with van der Waals surface area (Å²) in [4.78, 5) is 14.6. The van der Waals surface area contributed by atoms with Crippen molar-refractivity contribution in [3.8, 4) is 5.88 Å². The summed E-state index contributed by atoms with van der Waals surface area (Å²) in [6, 6.07) is 2.22. The van der Waals surface area contributed by atoms with Crippen LogP contribution in [0.15, 0.2) is 23.2 Å². The molecule has 0 unspecified atom stereocenters. The first kappa shape index (κ1) is 13.7. The molecule has 1 aliphatic rings. The van der Waals surface area contributed by atoms with Crippen molar-refractivity contribution in [2.45, 2.75) is 25.4 Å². The number of rotatable bonds is 5. The van der Waals surface area contributed by atoms with Crippen LogP contribution in [-0.2, 0) is 6.54 Å². The topological polar surface area (TPSA) is 89.2 Å². The molecule has 2 aromatic heterocycles. The Kier molecular flexibility index (Phi) is 4.25. The zero-order chi connectivity index (χ0) is 14.5. The van der Waals surface area contributed by atoms with E-state index in [-0.39, 0.29) is 0 Å². The fourth-order valence-corrected chi connectivity index (χ4v) is 2.43. The Morgan fingerprint density at radius 3 is 2.86 bits per heavy atom. The van der Waals surface area contributed by atoms with Crippen molar-refractivity contribution in [2.24, 2.45) is 0 Å². The van der Waals surface area contributed by atoms with Gasteiger partial charge in [0, 0.05) is 25.2 Å². The van der Waals surface area contributed by atoms with Gasteiger partial charge in [-0.2, -0.15) is 4.98 Å². The minimum absolute atomic E-state index is 0.406. The number of hydrogen-bond donors (Lipinski definition) is 1. The quantitative estimate of drug-likeness (QED) is 0.870. The van der Waals surface area contributed by atoms with E-state index in [1.807, 2.05) is 6.07 Å². The van der Waals surface area contributed by atoms with Gasteiger partial charge in [0.1, 0.15) is 12.1 Å². The highest BCUT2D eigenvalue weighted by atomic mass is 16.5. The lowest BCUT2D eigenvalue weighted by atomic mass is 10.1. The van der Waals surface area contributed by atoms with Crippen LogP contribution in [-0.4, -0.2) is 51.2 Å². The first-order valence-corrected chi connectivity index (χ1v) is 6.94. The Bertz CT molecular complexity index is 554. The van der Waals surface area contributed by atoms with Crippen LogP contribution in [0, 0.1) is 0 Å². The van der Waals surface area contributed by atoms with Crippen LogP contribution in [0.1, 0.15) is 18.7 Å². The van der Waals surface area contributed by atoms with E-state index in [0.29, 0.717) is 24.4 Å². The Balaban J connectivity index is 1.49. The fraction of sp³-hybridized carbons (Fsp3) is 0.538. The first-order valence-electron chi connectivity index (χ1n) is 6.94. The molecule has 21 heavy (non-hydrogen) atoms. The molecule has 3 heterocycles. The maximum Gasteiger partial charge on any atom is 0.240 e. The van der Waals surface area contributed by atoms with Crippen molar-refractivity contribution in [1.29, 1.82) is 0 Å². The molecule has 2 aromatic rings. The van der Waals surface area contributed by atoms with E-state index in [1.54, 1.807) is 7.11 Å². The van der Waals surface area contributed by atoms with Crippen LogP contribution in [0.2, 0.25) is 0 Å². The standard InChI is InChI=1S/C13H18N6O2/c1-20-12-6-11(14-8-15-12)18-10-2-4-19(5-3-10)7-13-16-9-17-21-13/h6,8-10H,2-5,7H2,1H3,(H,14,15,18). The second-order valence-electron chi connectivity index (χ2n) is 4.98. The zero-order valence-corrected chi connectivity index (χ0v) is 11.9. The lowest BCUT2D eigenvalue weighted by molar-refractivity contribution is 0.186. The third kappa shape index (κ3) is 3.66. The van der Waals surface area contributed by atoms with E-state index < -0.39 is 0 Å². The number of hydrogen-bond acceptors (Lipinski definition) is 8. The molecule has 1 saturated heterocycles. The van der Waals surface area contributed by atoms with Gasteiger partial charge in [-0.05, 0) is 12.8 Å². The molecule has 0 amide bonds. The fourth-order valence-electron chi connectivity index (χ4n) is 2.43. The average Bonchev–Trinajstić information content (AvgIpc) is 3.02. The van der Waals surface area contributed by atoms with Gasteiger partial charge in [0.2, 0.25) is 11.8 Å². The number of likely N-dealkylation sites (tertiary alicyclic amines) is 1.